The maximum Gasteiger partial charge on any atom is 0.266 e. The van der Waals surface area contributed by atoms with E-state index >= 15 is 0 Å². The molecule has 0 spiro atoms. The van der Waals surface area contributed by atoms with Crippen molar-refractivity contribution in [3.63, 3.8) is 0 Å². The standard InChI is InChI=1S/C12H8ClN3O/c13-7-10-15-16-12(17-10)11-9-4-2-1-3-8(9)5-6-14-11/h1-6H,7H2. The van der Waals surface area contributed by atoms with Crippen LogP contribution in [-0.2, 0) is 5.88 Å². The Morgan fingerprint density at radius 2 is 2.00 bits per heavy atom. The van der Waals surface area contributed by atoms with Gasteiger partial charge in [0.1, 0.15) is 11.6 Å². The molecule has 2 heterocycles. The number of benzene rings is 1. The third kappa shape index (κ3) is 1.76. The highest BCUT2D eigenvalue weighted by Gasteiger charge is 2.12. The Balaban J connectivity index is 2.23. The predicted molar refractivity (Wildman–Crippen MR) is 64.6 cm³/mol. The van der Waals surface area contributed by atoms with Crippen LogP contribution >= 0.6 is 11.6 Å². The SMILES string of the molecule is ClCc1nnc(-c2nccc3ccccc23)o1. The van der Waals surface area contributed by atoms with Crippen LogP contribution in [0.1, 0.15) is 5.89 Å². The number of hydrogen-bond donors (Lipinski definition) is 0. The Labute approximate surface area is 102 Å². The van der Waals surface area contributed by atoms with E-state index in [2.05, 4.69) is 15.2 Å². The molecule has 0 unspecified atom stereocenters. The second kappa shape index (κ2) is 4.14. The maximum atomic E-state index is 5.63. The van der Waals surface area contributed by atoms with E-state index in [-0.39, 0.29) is 5.88 Å². The van der Waals surface area contributed by atoms with Crippen molar-refractivity contribution in [3.8, 4) is 11.6 Å². The number of nitrogens with zero attached hydrogens (tertiary/aromatic N) is 3. The van der Waals surface area contributed by atoms with Gasteiger partial charge >= 0.3 is 0 Å². The quantitative estimate of drug-likeness (QED) is 0.651. The first kappa shape index (κ1) is 10.2. The molecule has 84 valence electrons. The zero-order valence-corrected chi connectivity index (χ0v) is 9.55. The molecular weight excluding hydrogens is 238 g/mol. The van der Waals surface area contributed by atoms with E-state index in [1.54, 1.807) is 6.20 Å². The van der Waals surface area contributed by atoms with Gasteiger partial charge in [-0.25, -0.2) is 0 Å². The highest BCUT2D eigenvalue weighted by molar-refractivity contribution is 6.16. The van der Waals surface area contributed by atoms with Gasteiger partial charge in [0.2, 0.25) is 5.89 Å². The Morgan fingerprint density at radius 1 is 1.12 bits per heavy atom. The lowest BCUT2D eigenvalue weighted by atomic mass is 10.1. The number of aromatic nitrogens is 3. The fourth-order valence-corrected chi connectivity index (χ4v) is 1.80. The van der Waals surface area contributed by atoms with Crippen molar-refractivity contribution in [2.45, 2.75) is 5.88 Å². The van der Waals surface area contributed by atoms with Gasteiger partial charge in [0.25, 0.3) is 5.89 Å². The van der Waals surface area contributed by atoms with E-state index < -0.39 is 0 Å². The molecule has 0 radical (unpaired) electrons. The first-order valence-electron chi connectivity index (χ1n) is 5.11. The summed E-state index contributed by atoms with van der Waals surface area (Å²) in [5.74, 6) is 1.01. The molecule has 3 aromatic rings. The summed E-state index contributed by atoms with van der Waals surface area (Å²) in [4.78, 5) is 4.29. The van der Waals surface area contributed by atoms with Crippen LogP contribution in [0.2, 0.25) is 0 Å². The molecule has 3 rings (SSSR count). The van der Waals surface area contributed by atoms with Crippen LogP contribution in [0.4, 0.5) is 0 Å². The van der Waals surface area contributed by atoms with Crippen LogP contribution in [0.15, 0.2) is 40.9 Å². The van der Waals surface area contributed by atoms with Gasteiger partial charge < -0.3 is 4.42 Å². The van der Waals surface area contributed by atoms with Gasteiger partial charge in [-0.3, -0.25) is 4.98 Å². The Morgan fingerprint density at radius 3 is 2.82 bits per heavy atom. The second-order valence-electron chi connectivity index (χ2n) is 3.52. The lowest BCUT2D eigenvalue weighted by Gasteiger charge is -2.00. The molecule has 2 aromatic heterocycles. The van der Waals surface area contributed by atoms with Crippen LogP contribution in [0.25, 0.3) is 22.4 Å². The first-order chi connectivity index (χ1) is 8.38. The summed E-state index contributed by atoms with van der Waals surface area (Å²) in [5, 5.41) is 9.85. The van der Waals surface area contributed by atoms with Crippen LogP contribution in [-0.4, -0.2) is 15.2 Å². The summed E-state index contributed by atoms with van der Waals surface area (Å²) in [6.07, 6.45) is 1.72. The molecule has 5 heteroatoms. The second-order valence-corrected chi connectivity index (χ2v) is 3.78. The molecule has 0 fully saturated rings. The van der Waals surface area contributed by atoms with Crippen molar-refractivity contribution in [2.75, 3.05) is 0 Å². The van der Waals surface area contributed by atoms with Gasteiger partial charge in [-0.15, -0.1) is 21.8 Å². The fourth-order valence-electron chi connectivity index (χ4n) is 1.69. The molecule has 0 saturated heterocycles. The lowest BCUT2D eigenvalue weighted by molar-refractivity contribution is 0.526. The fraction of sp³-hybridized carbons (Fsp3) is 0.0833. The third-order valence-corrected chi connectivity index (χ3v) is 2.69. The van der Waals surface area contributed by atoms with Gasteiger partial charge in [0, 0.05) is 11.6 Å². The van der Waals surface area contributed by atoms with Gasteiger partial charge in [0.05, 0.1) is 0 Å². The zero-order chi connectivity index (χ0) is 11.7. The molecule has 0 atom stereocenters. The minimum Gasteiger partial charge on any atom is -0.418 e. The summed E-state index contributed by atoms with van der Waals surface area (Å²) in [6, 6.07) is 9.86. The predicted octanol–water partition coefficient (Wildman–Crippen LogP) is 3.02. The number of rotatable bonds is 2. The summed E-state index contributed by atoms with van der Waals surface area (Å²) in [5.41, 5.74) is 0.687. The van der Waals surface area contributed by atoms with Crippen molar-refractivity contribution in [1.29, 1.82) is 0 Å². The van der Waals surface area contributed by atoms with E-state index in [0.717, 1.165) is 10.8 Å². The number of hydrogen-bond acceptors (Lipinski definition) is 4. The molecule has 0 aliphatic carbocycles. The highest BCUT2D eigenvalue weighted by Crippen LogP contribution is 2.25. The molecule has 0 aliphatic rings. The zero-order valence-electron chi connectivity index (χ0n) is 8.80. The molecule has 1 aromatic carbocycles. The Hall–Kier alpha value is -1.94. The average molecular weight is 246 g/mol. The van der Waals surface area contributed by atoms with Gasteiger partial charge in [-0.05, 0) is 11.5 Å². The monoisotopic (exact) mass is 245 g/mol. The van der Waals surface area contributed by atoms with E-state index in [9.17, 15) is 0 Å². The van der Waals surface area contributed by atoms with Gasteiger partial charge in [-0.1, -0.05) is 24.3 Å². The van der Waals surface area contributed by atoms with E-state index in [0.29, 0.717) is 17.5 Å². The van der Waals surface area contributed by atoms with Crippen LogP contribution in [0, 0.1) is 0 Å². The summed E-state index contributed by atoms with van der Waals surface area (Å²) in [7, 11) is 0. The van der Waals surface area contributed by atoms with E-state index in [4.69, 9.17) is 16.0 Å². The van der Waals surface area contributed by atoms with Crippen LogP contribution in [0.3, 0.4) is 0 Å². The van der Waals surface area contributed by atoms with Crippen LogP contribution in [0.5, 0.6) is 0 Å². The summed E-state index contributed by atoms with van der Waals surface area (Å²) < 4.78 is 5.41. The normalized spacial score (nSPS) is 10.9. The molecule has 0 amide bonds. The molecule has 0 N–H and O–H groups in total. The van der Waals surface area contributed by atoms with Crippen molar-refractivity contribution in [3.05, 3.63) is 42.4 Å². The highest BCUT2D eigenvalue weighted by atomic mass is 35.5. The van der Waals surface area contributed by atoms with E-state index in [1.165, 1.54) is 0 Å². The van der Waals surface area contributed by atoms with Crippen molar-refractivity contribution < 1.29 is 4.42 Å². The number of alkyl halides is 1. The van der Waals surface area contributed by atoms with Crippen LogP contribution < -0.4 is 0 Å². The summed E-state index contributed by atoms with van der Waals surface area (Å²) >= 11 is 5.63. The number of halogens is 1. The first-order valence-corrected chi connectivity index (χ1v) is 5.64. The smallest absolute Gasteiger partial charge is 0.266 e. The van der Waals surface area contributed by atoms with Gasteiger partial charge in [0.15, 0.2) is 0 Å². The average Bonchev–Trinajstić information content (AvgIpc) is 2.87. The topological polar surface area (TPSA) is 51.8 Å². The Bertz CT molecular complexity index is 660. The minimum absolute atomic E-state index is 0.206. The molecule has 0 bridgehead atoms. The number of fused-ring (bicyclic) bond motifs is 1. The molecule has 0 saturated carbocycles. The maximum absolute atomic E-state index is 5.63. The summed E-state index contributed by atoms with van der Waals surface area (Å²) in [6.45, 7) is 0. The molecule has 17 heavy (non-hydrogen) atoms. The van der Waals surface area contributed by atoms with Crippen molar-refractivity contribution in [2.24, 2.45) is 0 Å². The largest absolute Gasteiger partial charge is 0.418 e. The molecular formula is C12H8ClN3O. The number of pyridine rings is 1. The molecule has 0 aliphatic heterocycles. The Kier molecular flexibility index (Phi) is 2.49. The van der Waals surface area contributed by atoms with Gasteiger partial charge in [-0.2, -0.15) is 0 Å². The lowest BCUT2D eigenvalue weighted by Crippen LogP contribution is -1.85. The van der Waals surface area contributed by atoms with Crippen molar-refractivity contribution in [1.82, 2.24) is 15.2 Å². The van der Waals surface area contributed by atoms with E-state index in [1.807, 2.05) is 30.3 Å². The molecule has 4 nitrogen and oxygen atoms in total. The third-order valence-electron chi connectivity index (χ3n) is 2.46. The van der Waals surface area contributed by atoms with Crippen molar-refractivity contribution >= 4 is 22.4 Å². The minimum atomic E-state index is 0.206.